The molecule has 3 rings (SSSR count). The summed E-state index contributed by atoms with van der Waals surface area (Å²) < 4.78 is 0.0806. The third-order valence-corrected chi connectivity index (χ3v) is 7.26. The van der Waals surface area contributed by atoms with Crippen molar-refractivity contribution in [3.8, 4) is 0 Å². The first-order chi connectivity index (χ1) is 8.39. The zero-order valence-corrected chi connectivity index (χ0v) is 12.5. The average Bonchev–Trinajstić information content (AvgIpc) is 2.79. The SMILES string of the molecule is CC1(C)[C@H]2CC[C@](C)(C2)[C@]1(S)Cc1ccccn1. The van der Waals surface area contributed by atoms with E-state index in [2.05, 4.69) is 37.9 Å². The highest BCUT2D eigenvalue weighted by Crippen LogP contribution is 2.71. The quantitative estimate of drug-likeness (QED) is 0.790. The first-order valence-corrected chi connectivity index (χ1v) is 7.46. The Morgan fingerprint density at radius 2 is 2.11 bits per heavy atom. The number of fused-ring (bicyclic) bond motifs is 2. The smallest absolute Gasteiger partial charge is 0.0417 e. The Labute approximate surface area is 116 Å². The van der Waals surface area contributed by atoms with Crippen LogP contribution in [0, 0.1) is 16.7 Å². The molecule has 2 aliphatic rings. The Morgan fingerprint density at radius 3 is 2.67 bits per heavy atom. The van der Waals surface area contributed by atoms with Crippen LogP contribution in [0.25, 0.3) is 0 Å². The van der Waals surface area contributed by atoms with E-state index in [1.54, 1.807) is 0 Å². The summed E-state index contributed by atoms with van der Waals surface area (Å²) in [5.74, 6) is 0.837. The molecule has 3 atom stereocenters. The number of rotatable bonds is 2. The molecule has 1 nitrogen and oxygen atoms in total. The van der Waals surface area contributed by atoms with E-state index in [9.17, 15) is 0 Å². The Balaban J connectivity index is 1.98. The molecule has 0 radical (unpaired) electrons. The largest absolute Gasteiger partial charge is 0.261 e. The normalized spacial score (nSPS) is 41.2. The van der Waals surface area contributed by atoms with E-state index in [-0.39, 0.29) is 4.75 Å². The van der Waals surface area contributed by atoms with E-state index >= 15 is 0 Å². The zero-order chi connectivity index (χ0) is 13.0. The third kappa shape index (κ3) is 1.44. The van der Waals surface area contributed by atoms with E-state index < -0.39 is 0 Å². The maximum atomic E-state index is 5.22. The van der Waals surface area contributed by atoms with Gasteiger partial charge in [0.15, 0.2) is 0 Å². The lowest BCUT2D eigenvalue weighted by Crippen LogP contribution is -2.51. The van der Waals surface area contributed by atoms with E-state index in [1.165, 1.54) is 25.0 Å². The first kappa shape index (κ1) is 12.5. The molecule has 1 aromatic heterocycles. The lowest BCUT2D eigenvalue weighted by Gasteiger charge is -2.51. The van der Waals surface area contributed by atoms with Crippen LogP contribution in [0.1, 0.15) is 45.7 Å². The van der Waals surface area contributed by atoms with Crippen molar-refractivity contribution in [2.45, 2.75) is 51.2 Å². The number of hydrogen-bond acceptors (Lipinski definition) is 2. The predicted molar refractivity (Wildman–Crippen MR) is 78.9 cm³/mol. The molecule has 2 fully saturated rings. The molecule has 0 amide bonds. The van der Waals surface area contributed by atoms with Gasteiger partial charge in [-0.1, -0.05) is 26.8 Å². The first-order valence-electron chi connectivity index (χ1n) is 7.01. The van der Waals surface area contributed by atoms with Crippen LogP contribution in [0.5, 0.6) is 0 Å². The number of aromatic nitrogens is 1. The summed E-state index contributed by atoms with van der Waals surface area (Å²) in [5.41, 5.74) is 1.87. The predicted octanol–water partition coefficient (Wildman–Crippen LogP) is 4.14. The molecule has 0 unspecified atom stereocenters. The summed E-state index contributed by atoms with van der Waals surface area (Å²) in [6.45, 7) is 7.27. The Hall–Kier alpha value is -0.500. The molecule has 0 aromatic carbocycles. The van der Waals surface area contributed by atoms with E-state index in [1.807, 2.05) is 12.3 Å². The van der Waals surface area contributed by atoms with Crippen LogP contribution in [0.2, 0.25) is 0 Å². The molecule has 2 saturated carbocycles. The van der Waals surface area contributed by atoms with Crippen molar-refractivity contribution in [2.24, 2.45) is 16.7 Å². The van der Waals surface area contributed by atoms with Gasteiger partial charge in [-0.2, -0.15) is 12.6 Å². The molecule has 2 aliphatic carbocycles. The highest BCUT2D eigenvalue weighted by molar-refractivity contribution is 7.82. The molecule has 18 heavy (non-hydrogen) atoms. The number of thiol groups is 1. The summed E-state index contributed by atoms with van der Waals surface area (Å²) >= 11 is 5.22. The van der Waals surface area contributed by atoms with Crippen molar-refractivity contribution in [3.05, 3.63) is 30.1 Å². The van der Waals surface area contributed by atoms with Crippen LogP contribution in [-0.2, 0) is 6.42 Å². The summed E-state index contributed by atoms with van der Waals surface area (Å²) in [4.78, 5) is 4.52. The van der Waals surface area contributed by atoms with E-state index in [0.29, 0.717) is 10.8 Å². The van der Waals surface area contributed by atoms with Gasteiger partial charge in [-0.15, -0.1) is 0 Å². The highest BCUT2D eigenvalue weighted by Gasteiger charge is 2.66. The van der Waals surface area contributed by atoms with Crippen LogP contribution in [-0.4, -0.2) is 9.73 Å². The fraction of sp³-hybridized carbons (Fsp3) is 0.688. The van der Waals surface area contributed by atoms with Crippen LogP contribution >= 0.6 is 12.6 Å². The molecular formula is C16H23NS. The molecular weight excluding hydrogens is 238 g/mol. The molecule has 1 aromatic rings. The lowest BCUT2D eigenvalue weighted by atomic mass is 9.61. The second-order valence-corrected chi connectivity index (χ2v) is 7.84. The van der Waals surface area contributed by atoms with Gasteiger partial charge >= 0.3 is 0 Å². The van der Waals surface area contributed by atoms with Crippen LogP contribution < -0.4 is 0 Å². The maximum Gasteiger partial charge on any atom is 0.0417 e. The number of hydrogen-bond donors (Lipinski definition) is 1. The summed E-state index contributed by atoms with van der Waals surface area (Å²) in [6.07, 6.45) is 6.95. The van der Waals surface area contributed by atoms with E-state index in [0.717, 1.165) is 12.3 Å². The average molecular weight is 261 g/mol. The molecule has 2 bridgehead atoms. The van der Waals surface area contributed by atoms with Gasteiger partial charge in [-0.05, 0) is 48.1 Å². The summed E-state index contributed by atoms with van der Waals surface area (Å²) in [7, 11) is 0. The van der Waals surface area contributed by atoms with Crippen LogP contribution in [0.3, 0.4) is 0 Å². The Kier molecular flexibility index (Phi) is 2.61. The molecule has 0 N–H and O–H groups in total. The Bertz CT molecular complexity index is 449. The lowest BCUT2D eigenvalue weighted by molar-refractivity contribution is 0.109. The molecule has 98 valence electrons. The molecule has 2 heteroatoms. The summed E-state index contributed by atoms with van der Waals surface area (Å²) in [5, 5.41) is 0. The Morgan fingerprint density at radius 1 is 1.33 bits per heavy atom. The minimum absolute atomic E-state index is 0.0806. The second-order valence-electron chi connectivity index (χ2n) is 7.08. The van der Waals surface area contributed by atoms with Crippen molar-refractivity contribution < 1.29 is 0 Å². The van der Waals surface area contributed by atoms with Crippen molar-refractivity contribution >= 4 is 12.6 Å². The van der Waals surface area contributed by atoms with Gasteiger partial charge in [0, 0.05) is 23.1 Å². The van der Waals surface area contributed by atoms with Crippen molar-refractivity contribution in [2.75, 3.05) is 0 Å². The second kappa shape index (κ2) is 3.75. The van der Waals surface area contributed by atoms with Gasteiger partial charge in [-0.25, -0.2) is 0 Å². The molecule has 1 heterocycles. The van der Waals surface area contributed by atoms with Crippen molar-refractivity contribution in [3.63, 3.8) is 0 Å². The fourth-order valence-electron chi connectivity index (χ4n) is 4.55. The van der Waals surface area contributed by atoms with Crippen LogP contribution in [0.4, 0.5) is 0 Å². The zero-order valence-electron chi connectivity index (χ0n) is 11.6. The monoisotopic (exact) mass is 261 g/mol. The maximum absolute atomic E-state index is 5.22. The number of pyridine rings is 1. The molecule has 0 aliphatic heterocycles. The van der Waals surface area contributed by atoms with Gasteiger partial charge < -0.3 is 0 Å². The fourth-order valence-corrected chi connectivity index (χ4v) is 5.10. The minimum Gasteiger partial charge on any atom is -0.261 e. The topological polar surface area (TPSA) is 12.9 Å². The van der Waals surface area contributed by atoms with Crippen LogP contribution in [0.15, 0.2) is 24.4 Å². The van der Waals surface area contributed by atoms with Gasteiger partial charge in [-0.3, -0.25) is 4.98 Å². The standard InChI is InChI=1S/C16H23NS/c1-14(2)12-7-8-15(3,10-12)16(14,18)11-13-6-4-5-9-17-13/h4-6,9,12,18H,7-8,10-11H2,1-3H3/t12-,15+,16-/m0/s1. The van der Waals surface area contributed by atoms with Gasteiger partial charge in [0.05, 0.1) is 0 Å². The third-order valence-electron chi connectivity index (χ3n) is 5.99. The number of nitrogens with zero attached hydrogens (tertiary/aromatic N) is 1. The minimum atomic E-state index is 0.0806. The van der Waals surface area contributed by atoms with Crippen molar-refractivity contribution in [1.82, 2.24) is 4.98 Å². The van der Waals surface area contributed by atoms with Gasteiger partial charge in [0.1, 0.15) is 0 Å². The molecule has 0 saturated heterocycles. The highest BCUT2D eigenvalue weighted by atomic mass is 32.1. The summed E-state index contributed by atoms with van der Waals surface area (Å²) in [6, 6.07) is 6.22. The van der Waals surface area contributed by atoms with Gasteiger partial charge in [0.25, 0.3) is 0 Å². The van der Waals surface area contributed by atoms with Crippen molar-refractivity contribution in [1.29, 1.82) is 0 Å². The van der Waals surface area contributed by atoms with E-state index in [4.69, 9.17) is 12.6 Å². The van der Waals surface area contributed by atoms with Gasteiger partial charge in [0.2, 0.25) is 0 Å². The molecule has 0 spiro atoms.